The molecule has 1 aromatic carbocycles. The molecule has 0 radical (unpaired) electrons. The van der Waals surface area contributed by atoms with Gasteiger partial charge in [-0.05, 0) is 11.6 Å². The zero-order valence-corrected chi connectivity index (χ0v) is 12.1. The summed E-state index contributed by atoms with van der Waals surface area (Å²) in [5.74, 6) is 4.18. The molecule has 0 bridgehead atoms. The standard InChI is InChI=1S/C12H10ClF3N4S/c13-8-4-2-1-3-7(8)6-21-10-5-9(20-17)18-11(19-10)12(14,15)16/h1-5H,6,17H2,(H,18,19,20). The number of thioether (sulfide) groups is 1. The van der Waals surface area contributed by atoms with Crippen LogP contribution >= 0.6 is 23.4 Å². The molecular weight excluding hydrogens is 325 g/mol. The summed E-state index contributed by atoms with van der Waals surface area (Å²) < 4.78 is 38.1. The van der Waals surface area contributed by atoms with Gasteiger partial charge < -0.3 is 5.43 Å². The molecule has 112 valence electrons. The number of nitrogen functional groups attached to an aromatic ring is 1. The number of nitrogens with zero attached hydrogens (tertiary/aromatic N) is 2. The van der Waals surface area contributed by atoms with E-state index in [1.807, 2.05) is 0 Å². The summed E-state index contributed by atoms with van der Waals surface area (Å²) in [5, 5.41) is 0.706. The van der Waals surface area contributed by atoms with Gasteiger partial charge in [0.05, 0.1) is 0 Å². The second-order valence-corrected chi connectivity index (χ2v) is 5.34. The van der Waals surface area contributed by atoms with Gasteiger partial charge >= 0.3 is 6.18 Å². The van der Waals surface area contributed by atoms with E-state index in [9.17, 15) is 13.2 Å². The number of hydrazine groups is 1. The predicted octanol–water partition coefficient (Wildman–Crippen LogP) is 3.73. The van der Waals surface area contributed by atoms with Crippen LogP contribution in [0.2, 0.25) is 5.02 Å². The van der Waals surface area contributed by atoms with Crippen LogP contribution in [0, 0.1) is 0 Å². The number of aromatic nitrogens is 2. The Balaban J connectivity index is 2.22. The number of benzene rings is 1. The fourth-order valence-corrected chi connectivity index (χ4v) is 2.65. The minimum absolute atomic E-state index is 0.0982. The molecule has 0 amide bonds. The lowest BCUT2D eigenvalue weighted by molar-refractivity contribution is -0.145. The molecule has 0 saturated carbocycles. The van der Waals surface area contributed by atoms with Gasteiger partial charge in [0, 0.05) is 16.8 Å². The molecule has 1 aromatic heterocycles. The lowest BCUT2D eigenvalue weighted by Crippen LogP contribution is -2.16. The van der Waals surface area contributed by atoms with Gasteiger partial charge in [-0.15, -0.1) is 11.8 Å². The average molecular weight is 335 g/mol. The topological polar surface area (TPSA) is 63.8 Å². The Morgan fingerprint density at radius 2 is 1.95 bits per heavy atom. The fraction of sp³-hybridized carbons (Fsp3) is 0.167. The van der Waals surface area contributed by atoms with E-state index in [0.29, 0.717) is 10.8 Å². The van der Waals surface area contributed by atoms with Crippen LogP contribution in [0.25, 0.3) is 0 Å². The largest absolute Gasteiger partial charge is 0.451 e. The highest BCUT2D eigenvalue weighted by Crippen LogP contribution is 2.31. The fourth-order valence-electron chi connectivity index (χ4n) is 1.47. The maximum Gasteiger partial charge on any atom is 0.451 e. The Morgan fingerprint density at radius 1 is 1.24 bits per heavy atom. The van der Waals surface area contributed by atoms with Crippen molar-refractivity contribution in [1.29, 1.82) is 0 Å². The second kappa shape index (κ2) is 6.50. The molecule has 0 spiro atoms. The quantitative estimate of drug-likeness (QED) is 0.386. The van der Waals surface area contributed by atoms with Gasteiger partial charge in [-0.3, -0.25) is 0 Å². The third-order valence-electron chi connectivity index (χ3n) is 2.44. The van der Waals surface area contributed by atoms with E-state index < -0.39 is 12.0 Å². The number of halogens is 4. The summed E-state index contributed by atoms with van der Waals surface area (Å²) in [4.78, 5) is 6.77. The van der Waals surface area contributed by atoms with Crippen LogP contribution in [0.15, 0.2) is 35.4 Å². The summed E-state index contributed by atoms with van der Waals surface area (Å²) in [5.41, 5.74) is 2.90. The minimum atomic E-state index is -4.63. The van der Waals surface area contributed by atoms with Gasteiger partial charge in [0.15, 0.2) is 0 Å². The molecule has 9 heteroatoms. The van der Waals surface area contributed by atoms with Crippen LogP contribution < -0.4 is 11.3 Å². The van der Waals surface area contributed by atoms with Crippen molar-refractivity contribution >= 4 is 29.2 Å². The van der Waals surface area contributed by atoms with Crippen LogP contribution in [0.5, 0.6) is 0 Å². The van der Waals surface area contributed by atoms with Gasteiger partial charge in [-0.1, -0.05) is 29.8 Å². The molecule has 0 aliphatic heterocycles. The Labute approximate surface area is 127 Å². The van der Waals surface area contributed by atoms with Crippen molar-refractivity contribution < 1.29 is 13.2 Å². The maximum atomic E-state index is 12.7. The summed E-state index contributed by atoms with van der Waals surface area (Å²) in [6, 6.07) is 8.43. The smallest absolute Gasteiger partial charge is 0.308 e. The van der Waals surface area contributed by atoms with E-state index in [2.05, 4.69) is 15.4 Å². The third-order valence-corrected chi connectivity index (χ3v) is 3.77. The number of hydrogen-bond donors (Lipinski definition) is 2. The van der Waals surface area contributed by atoms with Gasteiger partial charge in [-0.2, -0.15) is 13.2 Å². The van der Waals surface area contributed by atoms with Crippen molar-refractivity contribution in [2.24, 2.45) is 5.84 Å². The van der Waals surface area contributed by atoms with Crippen molar-refractivity contribution in [3.63, 3.8) is 0 Å². The van der Waals surface area contributed by atoms with Gasteiger partial charge in [-0.25, -0.2) is 15.8 Å². The normalized spacial score (nSPS) is 11.5. The van der Waals surface area contributed by atoms with Crippen molar-refractivity contribution in [2.45, 2.75) is 17.0 Å². The van der Waals surface area contributed by atoms with Crippen LogP contribution in [0.1, 0.15) is 11.4 Å². The van der Waals surface area contributed by atoms with E-state index in [0.717, 1.165) is 17.3 Å². The van der Waals surface area contributed by atoms with E-state index in [1.54, 1.807) is 24.3 Å². The summed E-state index contributed by atoms with van der Waals surface area (Å²) in [6.07, 6.45) is -4.63. The highest BCUT2D eigenvalue weighted by atomic mass is 35.5. The van der Waals surface area contributed by atoms with E-state index in [4.69, 9.17) is 17.4 Å². The average Bonchev–Trinajstić information content (AvgIpc) is 2.45. The van der Waals surface area contributed by atoms with E-state index in [-0.39, 0.29) is 10.8 Å². The highest BCUT2D eigenvalue weighted by Gasteiger charge is 2.35. The number of nitrogens with two attached hydrogens (primary N) is 1. The summed E-state index contributed by atoms with van der Waals surface area (Å²) in [6.45, 7) is 0. The molecule has 0 unspecified atom stereocenters. The number of anilines is 1. The molecule has 2 aromatic rings. The van der Waals surface area contributed by atoms with Crippen LogP contribution in [-0.4, -0.2) is 9.97 Å². The van der Waals surface area contributed by atoms with Crippen molar-refractivity contribution in [1.82, 2.24) is 9.97 Å². The third kappa shape index (κ3) is 4.23. The van der Waals surface area contributed by atoms with Crippen LogP contribution in [-0.2, 0) is 11.9 Å². The van der Waals surface area contributed by atoms with Crippen molar-refractivity contribution in [2.75, 3.05) is 5.43 Å². The number of nitrogens with one attached hydrogen (secondary N) is 1. The van der Waals surface area contributed by atoms with E-state index >= 15 is 0 Å². The molecule has 4 nitrogen and oxygen atoms in total. The van der Waals surface area contributed by atoms with Crippen LogP contribution in [0.3, 0.4) is 0 Å². The first-order valence-electron chi connectivity index (χ1n) is 5.69. The SMILES string of the molecule is NNc1cc(SCc2ccccc2Cl)nc(C(F)(F)F)n1. The maximum absolute atomic E-state index is 12.7. The Kier molecular flexibility index (Phi) is 4.92. The first-order valence-corrected chi connectivity index (χ1v) is 7.05. The molecule has 0 atom stereocenters. The first kappa shape index (κ1) is 15.9. The molecule has 1 heterocycles. The lowest BCUT2D eigenvalue weighted by Gasteiger charge is -2.10. The molecule has 0 fully saturated rings. The van der Waals surface area contributed by atoms with Gasteiger partial charge in [0.2, 0.25) is 5.82 Å². The minimum Gasteiger partial charge on any atom is -0.308 e. The Morgan fingerprint density at radius 3 is 2.57 bits per heavy atom. The Bertz CT molecular complexity index is 636. The van der Waals surface area contributed by atoms with Crippen molar-refractivity contribution in [3.8, 4) is 0 Å². The summed E-state index contributed by atoms with van der Waals surface area (Å²) >= 11 is 7.11. The highest BCUT2D eigenvalue weighted by molar-refractivity contribution is 7.98. The Hall–Kier alpha value is -1.51. The first-order chi connectivity index (χ1) is 9.90. The molecule has 0 aliphatic carbocycles. The van der Waals surface area contributed by atoms with Gasteiger partial charge in [0.25, 0.3) is 0 Å². The molecule has 0 saturated heterocycles. The molecule has 0 aliphatic rings. The molecule has 21 heavy (non-hydrogen) atoms. The molecule has 3 N–H and O–H groups in total. The summed E-state index contributed by atoms with van der Waals surface area (Å²) in [7, 11) is 0. The van der Waals surface area contributed by atoms with Gasteiger partial charge in [0.1, 0.15) is 10.8 Å². The lowest BCUT2D eigenvalue weighted by atomic mass is 10.2. The van der Waals surface area contributed by atoms with E-state index in [1.165, 1.54) is 6.07 Å². The van der Waals surface area contributed by atoms with Crippen molar-refractivity contribution in [3.05, 3.63) is 46.7 Å². The second-order valence-electron chi connectivity index (χ2n) is 3.94. The number of alkyl halides is 3. The monoisotopic (exact) mass is 334 g/mol. The zero-order valence-electron chi connectivity index (χ0n) is 10.5. The predicted molar refractivity (Wildman–Crippen MR) is 75.9 cm³/mol. The zero-order chi connectivity index (χ0) is 15.5. The molecule has 2 rings (SSSR count). The number of hydrogen-bond acceptors (Lipinski definition) is 5. The number of rotatable bonds is 4. The van der Waals surface area contributed by atoms with Crippen LogP contribution in [0.4, 0.5) is 19.0 Å². The molecular formula is C12H10ClF3N4S.